The lowest BCUT2D eigenvalue weighted by molar-refractivity contribution is 0.458. The lowest BCUT2D eigenvalue weighted by atomic mass is 10.1. The minimum Gasteiger partial charge on any atom is -0.439 e. The smallest absolute Gasteiger partial charge is 0.222 e. The summed E-state index contributed by atoms with van der Waals surface area (Å²) >= 11 is 3.39. The third kappa shape index (κ3) is 3.07. The van der Waals surface area contributed by atoms with E-state index >= 15 is 0 Å². The van der Waals surface area contributed by atoms with Crippen LogP contribution in [-0.2, 0) is 0 Å². The highest BCUT2D eigenvalue weighted by molar-refractivity contribution is 9.10. The molecule has 1 aromatic heterocycles. The molecule has 0 N–H and O–H groups in total. The van der Waals surface area contributed by atoms with Gasteiger partial charge in [0.05, 0.1) is 0 Å². The molecule has 0 amide bonds. The number of hydrogen-bond donors (Lipinski definition) is 0. The fourth-order valence-corrected chi connectivity index (χ4v) is 2.18. The van der Waals surface area contributed by atoms with E-state index in [1.807, 2.05) is 25.1 Å². The Bertz CT molecular complexity index is 532. The third-order valence-electron chi connectivity index (χ3n) is 2.41. The summed E-state index contributed by atoms with van der Waals surface area (Å²) in [6, 6.07) is 8.13. The summed E-state index contributed by atoms with van der Waals surface area (Å²) in [5.74, 6) is 1.48. The van der Waals surface area contributed by atoms with Gasteiger partial charge in [0.2, 0.25) is 5.88 Å². The van der Waals surface area contributed by atoms with Crippen LogP contribution in [0.3, 0.4) is 0 Å². The van der Waals surface area contributed by atoms with Gasteiger partial charge in [0, 0.05) is 16.2 Å². The summed E-state index contributed by atoms with van der Waals surface area (Å²) in [5.41, 5.74) is 3.39. The van der Waals surface area contributed by atoms with Gasteiger partial charge in [-0.1, -0.05) is 6.07 Å². The number of aryl methyl sites for hydroxylation is 3. The van der Waals surface area contributed by atoms with E-state index < -0.39 is 0 Å². The van der Waals surface area contributed by atoms with Crippen molar-refractivity contribution in [2.45, 2.75) is 20.8 Å². The van der Waals surface area contributed by atoms with Crippen molar-refractivity contribution >= 4 is 15.9 Å². The van der Waals surface area contributed by atoms with E-state index in [1.54, 1.807) is 6.20 Å². The second kappa shape index (κ2) is 4.88. The van der Waals surface area contributed by atoms with Gasteiger partial charge in [-0.3, -0.25) is 0 Å². The molecule has 0 spiro atoms. The summed E-state index contributed by atoms with van der Waals surface area (Å²) in [6.07, 6.45) is 1.74. The third-order valence-corrected chi connectivity index (χ3v) is 2.84. The predicted octanol–water partition coefficient (Wildman–Crippen LogP) is 4.56. The van der Waals surface area contributed by atoms with Crippen LogP contribution in [0.5, 0.6) is 11.6 Å². The van der Waals surface area contributed by atoms with Gasteiger partial charge in [0.15, 0.2) is 0 Å². The van der Waals surface area contributed by atoms with Gasteiger partial charge in [-0.2, -0.15) is 0 Å². The minimum atomic E-state index is 0.651. The van der Waals surface area contributed by atoms with E-state index in [4.69, 9.17) is 4.74 Å². The van der Waals surface area contributed by atoms with Crippen LogP contribution in [0.15, 0.2) is 34.9 Å². The van der Waals surface area contributed by atoms with Crippen molar-refractivity contribution in [2.24, 2.45) is 0 Å². The molecule has 0 radical (unpaired) electrons. The van der Waals surface area contributed by atoms with E-state index in [1.165, 1.54) is 11.1 Å². The number of pyridine rings is 1. The van der Waals surface area contributed by atoms with Crippen LogP contribution < -0.4 is 4.74 Å². The van der Waals surface area contributed by atoms with Crippen molar-refractivity contribution in [3.8, 4) is 11.6 Å². The van der Waals surface area contributed by atoms with Gasteiger partial charge in [0.1, 0.15) is 5.75 Å². The van der Waals surface area contributed by atoms with Gasteiger partial charge < -0.3 is 4.74 Å². The maximum atomic E-state index is 5.79. The molecular formula is C14H14BrNO. The molecule has 0 aliphatic carbocycles. The van der Waals surface area contributed by atoms with E-state index in [0.717, 1.165) is 15.8 Å². The van der Waals surface area contributed by atoms with E-state index in [2.05, 4.69) is 40.8 Å². The number of hydrogen-bond acceptors (Lipinski definition) is 2. The highest BCUT2D eigenvalue weighted by Crippen LogP contribution is 2.26. The molecule has 17 heavy (non-hydrogen) atoms. The van der Waals surface area contributed by atoms with Gasteiger partial charge in [-0.05, 0) is 66.0 Å². The molecule has 0 aliphatic rings. The number of rotatable bonds is 2. The van der Waals surface area contributed by atoms with Gasteiger partial charge in [-0.25, -0.2) is 4.98 Å². The monoisotopic (exact) mass is 291 g/mol. The van der Waals surface area contributed by atoms with Crippen molar-refractivity contribution in [3.63, 3.8) is 0 Å². The molecule has 0 saturated heterocycles. The van der Waals surface area contributed by atoms with Gasteiger partial charge in [-0.15, -0.1) is 0 Å². The molecule has 0 fully saturated rings. The van der Waals surface area contributed by atoms with Crippen molar-refractivity contribution in [2.75, 3.05) is 0 Å². The molecule has 0 bridgehead atoms. The number of benzene rings is 1. The van der Waals surface area contributed by atoms with Crippen LogP contribution >= 0.6 is 15.9 Å². The number of aromatic nitrogens is 1. The molecule has 0 unspecified atom stereocenters. The molecule has 2 nitrogen and oxygen atoms in total. The largest absolute Gasteiger partial charge is 0.439 e. The zero-order valence-corrected chi connectivity index (χ0v) is 11.7. The SMILES string of the molecule is Cc1cc(C)cc(Oc2ncc(Br)cc2C)c1. The van der Waals surface area contributed by atoms with Crippen LogP contribution in [-0.4, -0.2) is 4.98 Å². The van der Waals surface area contributed by atoms with Crippen molar-refractivity contribution in [1.29, 1.82) is 0 Å². The van der Waals surface area contributed by atoms with Gasteiger partial charge >= 0.3 is 0 Å². The summed E-state index contributed by atoms with van der Waals surface area (Å²) in [5, 5.41) is 0. The molecule has 1 heterocycles. The lowest BCUT2D eigenvalue weighted by Gasteiger charge is -2.09. The molecule has 0 aliphatic heterocycles. The zero-order chi connectivity index (χ0) is 12.4. The average Bonchev–Trinajstić information content (AvgIpc) is 2.21. The van der Waals surface area contributed by atoms with Crippen LogP contribution in [0, 0.1) is 20.8 Å². The first-order chi connectivity index (χ1) is 8.04. The normalized spacial score (nSPS) is 10.4. The Morgan fingerprint density at radius 1 is 1.00 bits per heavy atom. The Balaban J connectivity index is 2.31. The fraction of sp³-hybridized carbons (Fsp3) is 0.214. The summed E-state index contributed by atoms with van der Waals surface area (Å²) in [4.78, 5) is 4.26. The first kappa shape index (κ1) is 12.1. The first-order valence-corrected chi connectivity index (χ1v) is 6.22. The Kier molecular flexibility index (Phi) is 3.48. The standard InChI is InChI=1S/C14H14BrNO/c1-9-4-10(2)6-13(5-9)17-14-11(3)7-12(15)8-16-14/h4-8H,1-3H3. The average molecular weight is 292 g/mol. The molecule has 1 aromatic carbocycles. The van der Waals surface area contributed by atoms with Crippen LogP contribution in [0.2, 0.25) is 0 Å². The molecular weight excluding hydrogens is 278 g/mol. The van der Waals surface area contributed by atoms with Gasteiger partial charge in [0.25, 0.3) is 0 Å². The molecule has 2 aromatic rings. The second-order valence-corrected chi connectivity index (χ2v) is 5.12. The summed E-state index contributed by atoms with van der Waals surface area (Å²) in [7, 11) is 0. The Morgan fingerprint density at radius 3 is 2.24 bits per heavy atom. The lowest BCUT2D eigenvalue weighted by Crippen LogP contribution is -1.92. The highest BCUT2D eigenvalue weighted by Gasteiger charge is 2.04. The highest BCUT2D eigenvalue weighted by atomic mass is 79.9. The minimum absolute atomic E-state index is 0.651. The van der Waals surface area contributed by atoms with Crippen LogP contribution in [0.4, 0.5) is 0 Å². The second-order valence-electron chi connectivity index (χ2n) is 4.20. The Morgan fingerprint density at radius 2 is 1.65 bits per heavy atom. The van der Waals surface area contributed by atoms with E-state index in [0.29, 0.717) is 5.88 Å². The van der Waals surface area contributed by atoms with Crippen molar-refractivity contribution in [1.82, 2.24) is 4.98 Å². The van der Waals surface area contributed by atoms with Crippen molar-refractivity contribution < 1.29 is 4.74 Å². The summed E-state index contributed by atoms with van der Waals surface area (Å²) < 4.78 is 6.75. The number of halogens is 1. The maximum absolute atomic E-state index is 5.79. The molecule has 2 rings (SSSR count). The molecule has 0 saturated carbocycles. The number of ether oxygens (including phenoxy) is 1. The number of nitrogens with zero attached hydrogens (tertiary/aromatic N) is 1. The molecule has 88 valence electrons. The quantitative estimate of drug-likeness (QED) is 0.809. The van der Waals surface area contributed by atoms with E-state index in [-0.39, 0.29) is 0 Å². The topological polar surface area (TPSA) is 22.1 Å². The Hall–Kier alpha value is -1.35. The predicted molar refractivity (Wildman–Crippen MR) is 72.7 cm³/mol. The zero-order valence-electron chi connectivity index (χ0n) is 10.1. The first-order valence-electron chi connectivity index (χ1n) is 5.43. The molecule has 3 heteroatoms. The van der Waals surface area contributed by atoms with Crippen molar-refractivity contribution in [3.05, 3.63) is 51.6 Å². The summed E-state index contributed by atoms with van der Waals surface area (Å²) in [6.45, 7) is 6.10. The Labute approximate surface area is 110 Å². The fourth-order valence-electron chi connectivity index (χ4n) is 1.74. The molecule has 0 atom stereocenters. The van der Waals surface area contributed by atoms with Crippen LogP contribution in [0.25, 0.3) is 0 Å². The maximum Gasteiger partial charge on any atom is 0.222 e. The van der Waals surface area contributed by atoms with E-state index in [9.17, 15) is 0 Å². The van der Waals surface area contributed by atoms with Crippen LogP contribution in [0.1, 0.15) is 16.7 Å².